The molecule has 0 spiro atoms. The number of thioether (sulfide) groups is 1. The van der Waals surface area contributed by atoms with Gasteiger partial charge >= 0.3 is 5.97 Å². The molecule has 3 rings (SSSR count). The lowest BCUT2D eigenvalue weighted by Gasteiger charge is -2.10. The van der Waals surface area contributed by atoms with E-state index >= 15 is 0 Å². The maximum Gasteiger partial charge on any atom is 0.341 e. The van der Waals surface area contributed by atoms with Crippen molar-refractivity contribution in [1.82, 2.24) is 0 Å². The molecule has 0 saturated carbocycles. The first-order valence-electron chi connectivity index (χ1n) is 10.1. The fourth-order valence-corrected chi connectivity index (χ4v) is 3.77. The molecule has 0 radical (unpaired) electrons. The van der Waals surface area contributed by atoms with E-state index < -0.39 is 5.97 Å². The summed E-state index contributed by atoms with van der Waals surface area (Å²) in [6, 6.07) is 22.3. The summed E-state index contributed by atoms with van der Waals surface area (Å²) < 4.78 is 16.7. The Balaban J connectivity index is 1.42. The van der Waals surface area contributed by atoms with Gasteiger partial charge in [0.2, 0.25) is 5.90 Å². The van der Waals surface area contributed by atoms with Gasteiger partial charge in [0.05, 0.1) is 6.61 Å². The lowest BCUT2D eigenvalue weighted by atomic mass is 10.2. The Hall–Kier alpha value is -3.45. The second-order valence-corrected chi connectivity index (χ2v) is 8.10. The molecule has 0 aliphatic carbocycles. The Labute approximate surface area is 191 Å². The Morgan fingerprint density at radius 3 is 2.50 bits per heavy atom. The minimum Gasteiger partial charge on any atom is -0.494 e. The third kappa shape index (κ3) is 7.35. The molecule has 0 atom stereocenters. The Kier molecular flexibility index (Phi) is 8.57. The molecule has 32 heavy (non-hydrogen) atoms. The zero-order valence-electron chi connectivity index (χ0n) is 17.7. The molecular weight excluding hydrogens is 426 g/mol. The number of nitrogens with one attached hydrogen (secondary N) is 1. The standard InChI is InChI=1S/C25H25NO5S/c1-18-15-22(11-12-23(18)30-17-24(27)28)32-14-6-13-29-21-10-5-7-19(16-21)25(26)31-20-8-3-2-4-9-20/h2-5,7-12,15-16,26H,6,13-14,17H2,1H3,(H,27,28). The summed E-state index contributed by atoms with van der Waals surface area (Å²) in [4.78, 5) is 11.7. The molecule has 3 aromatic rings. The zero-order valence-corrected chi connectivity index (χ0v) is 18.6. The van der Waals surface area contributed by atoms with Gasteiger partial charge in [-0.3, -0.25) is 5.41 Å². The monoisotopic (exact) mass is 451 g/mol. The molecule has 0 heterocycles. The van der Waals surface area contributed by atoms with Crippen molar-refractivity contribution in [3.05, 3.63) is 83.9 Å². The van der Waals surface area contributed by atoms with E-state index in [1.165, 1.54) is 0 Å². The van der Waals surface area contributed by atoms with Gasteiger partial charge in [0.25, 0.3) is 0 Å². The van der Waals surface area contributed by atoms with E-state index in [0.29, 0.717) is 29.4 Å². The predicted molar refractivity (Wildman–Crippen MR) is 125 cm³/mol. The molecule has 6 nitrogen and oxygen atoms in total. The van der Waals surface area contributed by atoms with Crippen molar-refractivity contribution in [3.63, 3.8) is 0 Å². The molecule has 0 fully saturated rings. The van der Waals surface area contributed by atoms with Gasteiger partial charge in [-0.05, 0) is 67.4 Å². The summed E-state index contributed by atoms with van der Waals surface area (Å²) >= 11 is 1.71. The lowest BCUT2D eigenvalue weighted by molar-refractivity contribution is -0.139. The van der Waals surface area contributed by atoms with Crippen LogP contribution >= 0.6 is 11.8 Å². The fraction of sp³-hybridized carbons (Fsp3) is 0.200. The number of carbonyl (C=O) groups is 1. The molecule has 0 saturated heterocycles. The van der Waals surface area contributed by atoms with Crippen molar-refractivity contribution < 1.29 is 24.1 Å². The zero-order chi connectivity index (χ0) is 22.8. The number of ether oxygens (including phenoxy) is 3. The van der Waals surface area contributed by atoms with Gasteiger partial charge in [-0.2, -0.15) is 0 Å². The first kappa shape index (κ1) is 23.2. The van der Waals surface area contributed by atoms with Crippen LogP contribution in [0.1, 0.15) is 17.5 Å². The molecule has 0 aliphatic rings. The van der Waals surface area contributed by atoms with Crippen LogP contribution in [0.5, 0.6) is 17.2 Å². The quantitative estimate of drug-likeness (QED) is 0.175. The summed E-state index contributed by atoms with van der Waals surface area (Å²) in [6.07, 6.45) is 0.850. The topological polar surface area (TPSA) is 88.8 Å². The number of carboxylic acids is 1. The van der Waals surface area contributed by atoms with Crippen LogP contribution in [0.3, 0.4) is 0 Å². The highest BCUT2D eigenvalue weighted by molar-refractivity contribution is 7.99. The van der Waals surface area contributed by atoms with Gasteiger partial charge in [-0.1, -0.05) is 24.3 Å². The molecule has 0 aromatic heterocycles. The Morgan fingerprint density at radius 1 is 0.969 bits per heavy atom. The molecule has 0 aliphatic heterocycles. The highest BCUT2D eigenvalue weighted by atomic mass is 32.2. The second-order valence-electron chi connectivity index (χ2n) is 6.93. The molecule has 3 aromatic carbocycles. The molecular formula is C25H25NO5S. The van der Waals surface area contributed by atoms with Crippen molar-refractivity contribution in [2.24, 2.45) is 0 Å². The van der Waals surface area contributed by atoms with Crippen LogP contribution in [0, 0.1) is 12.3 Å². The summed E-state index contributed by atoms with van der Waals surface area (Å²) in [5.41, 5.74) is 1.56. The number of para-hydroxylation sites is 1. The SMILES string of the molecule is Cc1cc(SCCCOc2cccc(C(=N)Oc3ccccc3)c2)ccc1OCC(=O)O. The number of aryl methyl sites for hydroxylation is 1. The van der Waals surface area contributed by atoms with Gasteiger partial charge < -0.3 is 19.3 Å². The van der Waals surface area contributed by atoms with Crippen LogP contribution in [0.4, 0.5) is 0 Å². The van der Waals surface area contributed by atoms with Crippen molar-refractivity contribution >= 4 is 23.6 Å². The maximum absolute atomic E-state index is 10.6. The Morgan fingerprint density at radius 2 is 1.75 bits per heavy atom. The summed E-state index contributed by atoms with van der Waals surface area (Å²) in [5, 5.41) is 16.9. The first-order valence-corrected chi connectivity index (χ1v) is 11.1. The van der Waals surface area contributed by atoms with Crippen molar-refractivity contribution in [1.29, 1.82) is 5.41 Å². The Bertz CT molecular complexity index is 1060. The number of aliphatic carboxylic acids is 1. The molecule has 0 unspecified atom stereocenters. The van der Waals surface area contributed by atoms with Gasteiger partial charge in [-0.15, -0.1) is 11.8 Å². The fourth-order valence-electron chi connectivity index (χ4n) is 2.84. The van der Waals surface area contributed by atoms with Crippen LogP contribution in [0.25, 0.3) is 0 Å². The average molecular weight is 452 g/mol. The third-order valence-corrected chi connectivity index (χ3v) is 5.46. The smallest absolute Gasteiger partial charge is 0.341 e. The van der Waals surface area contributed by atoms with Crippen LogP contribution in [-0.2, 0) is 4.79 Å². The van der Waals surface area contributed by atoms with Gasteiger partial charge in [0.15, 0.2) is 6.61 Å². The molecule has 2 N–H and O–H groups in total. The van der Waals surface area contributed by atoms with Gasteiger partial charge in [-0.25, -0.2) is 4.79 Å². The largest absolute Gasteiger partial charge is 0.494 e. The minimum atomic E-state index is -0.992. The minimum absolute atomic E-state index is 0.0726. The summed E-state index contributed by atoms with van der Waals surface area (Å²) in [6.45, 7) is 2.11. The maximum atomic E-state index is 10.6. The number of hydrogen-bond donors (Lipinski definition) is 2. The molecule has 0 amide bonds. The number of benzene rings is 3. The van der Waals surface area contributed by atoms with Crippen LogP contribution in [0.2, 0.25) is 0 Å². The van der Waals surface area contributed by atoms with Crippen LogP contribution < -0.4 is 14.2 Å². The van der Waals surface area contributed by atoms with Crippen LogP contribution in [-0.4, -0.2) is 35.9 Å². The summed E-state index contributed by atoms with van der Waals surface area (Å²) in [7, 11) is 0. The summed E-state index contributed by atoms with van der Waals surface area (Å²) in [5.74, 6) is 1.86. The number of carboxylic acid groups (broad SMARTS) is 1. The van der Waals surface area contributed by atoms with Crippen molar-refractivity contribution in [2.45, 2.75) is 18.2 Å². The van der Waals surface area contributed by atoms with E-state index in [-0.39, 0.29) is 12.5 Å². The van der Waals surface area contributed by atoms with Gasteiger partial charge in [0, 0.05) is 16.2 Å². The lowest BCUT2D eigenvalue weighted by Crippen LogP contribution is -2.10. The van der Waals surface area contributed by atoms with E-state index in [4.69, 9.17) is 24.7 Å². The van der Waals surface area contributed by atoms with Crippen molar-refractivity contribution in [2.75, 3.05) is 19.0 Å². The average Bonchev–Trinajstić information content (AvgIpc) is 2.79. The van der Waals surface area contributed by atoms with Crippen LogP contribution in [0.15, 0.2) is 77.7 Å². The van der Waals surface area contributed by atoms with E-state index in [0.717, 1.165) is 22.6 Å². The molecule has 7 heteroatoms. The molecule has 166 valence electrons. The molecule has 0 bridgehead atoms. The van der Waals surface area contributed by atoms with E-state index in [1.54, 1.807) is 23.9 Å². The van der Waals surface area contributed by atoms with Gasteiger partial charge in [0.1, 0.15) is 17.2 Å². The normalized spacial score (nSPS) is 10.4. The van der Waals surface area contributed by atoms with E-state index in [1.807, 2.05) is 67.6 Å². The first-order chi connectivity index (χ1) is 15.5. The van der Waals surface area contributed by atoms with E-state index in [2.05, 4.69) is 0 Å². The number of hydrogen-bond acceptors (Lipinski definition) is 6. The van der Waals surface area contributed by atoms with Crippen molar-refractivity contribution in [3.8, 4) is 17.2 Å². The highest BCUT2D eigenvalue weighted by Gasteiger charge is 2.07. The van der Waals surface area contributed by atoms with E-state index in [9.17, 15) is 4.79 Å². The number of rotatable bonds is 11. The highest BCUT2D eigenvalue weighted by Crippen LogP contribution is 2.26. The third-order valence-electron chi connectivity index (χ3n) is 4.38. The second kappa shape index (κ2) is 11.8. The predicted octanol–water partition coefficient (Wildman–Crippen LogP) is 5.42.